The molecule has 6 heteroatoms. The molecule has 0 saturated carbocycles. The maximum absolute atomic E-state index is 8.42. The van der Waals surface area contributed by atoms with Crippen molar-refractivity contribution in [1.82, 2.24) is 10.1 Å². The average molecular weight is 280 g/mol. The summed E-state index contributed by atoms with van der Waals surface area (Å²) in [5, 5.41) is 13.0. The summed E-state index contributed by atoms with van der Waals surface area (Å²) in [4.78, 5) is 4.26. The molecule has 0 fully saturated rings. The molecule has 0 radical (unpaired) electrons. The Morgan fingerprint density at radius 3 is 2.83 bits per heavy atom. The number of rotatable bonds is 5. The number of benzene rings is 1. The van der Waals surface area contributed by atoms with E-state index in [0.29, 0.717) is 34.7 Å². The van der Waals surface area contributed by atoms with Crippen LogP contribution in [0.3, 0.4) is 0 Å². The van der Waals surface area contributed by atoms with E-state index in [9.17, 15) is 0 Å². The summed E-state index contributed by atoms with van der Waals surface area (Å²) in [6.07, 6.45) is 0.615. The lowest BCUT2D eigenvalue weighted by molar-refractivity contribution is 0.386. The third-order valence-corrected chi connectivity index (χ3v) is 3.21. The van der Waals surface area contributed by atoms with E-state index in [1.807, 2.05) is 24.3 Å². The molecule has 1 aromatic heterocycles. The summed E-state index contributed by atoms with van der Waals surface area (Å²) in [5.74, 6) is 2.19. The molecule has 2 rings (SSSR count). The van der Waals surface area contributed by atoms with Gasteiger partial charge in [0, 0.05) is 11.4 Å². The average Bonchev–Trinajstić information content (AvgIpc) is 2.80. The molecule has 0 atom stereocenters. The van der Waals surface area contributed by atoms with E-state index >= 15 is 0 Å². The Hall–Kier alpha value is -1.51. The second-order valence-electron chi connectivity index (χ2n) is 3.56. The topological polar surface area (TPSA) is 62.7 Å². The van der Waals surface area contributed by atoms with Crippen LogP contribution < -0.4 is 0 Å². The summed E-state index contributed by atoms with van der Waals surface area (Å²) in [5.41, 5.74) is 1.08. The molecule has 0 bridgehead atoms. The number of thioether (sulfide) groups is 1. The molecule has 0 N–H and O–H groups in total. The standard InChI is InChI=1S/C12H10ClN3OS/c13-10-3-1-9(2-4-10)7-11-15-12(17-16-11)8-18-6-5-14/h1-4H,6-8H2. The van der Waals surface area contributed by atoms with Crippen LogP contribution in [0.15, 0.2) is 28.8 Å². The van der Waals surface area contributed by atoms with Gasteiger partial charge in [-0.2, -0.15) is 10.2 Å². The van der Waals surface area contributed by atoms with Gasteiger partial charge >= 0.3 is 0 Å². The second kappa shape index (κ2) is 6.43. The number of nitrogens with zero attached hydrogens (tertiary/aromatic N) is 3. The van der Waals surface area contributed by atoms with E-state index in [2.05, 4.69) is 16.2 Å². The van der Waals surface area contributed by atoms with Gasteiger partial charge in [-0.15, -0.1) is 11.8 Å². The highest BCUT2D eigenvalue weighted by molar-refractivity contribution is 7.98. The summed E-state index contributed by atoms with van der Waals surface area (Å²) in [7, 11) is 0. The Morgan fingerprint density at radius 1 is 1.33 bits per heavy atom. The van der Waals surface area contributed by atoms with E-state index in [1.165, 1.54) is 11.8 Å². The minimum absolute atomic E-state index is 0.425. The van der Waals surface area contributed by atoms with Crippen molar-refractivity contribution in [3.63, 3.8) is 0 Å². The van der Waals surface area contributed by atoms with Crippen LogP contribution in [0.25, 0.3) is 0 Å². The maximum Gasteiger partial charge on any atom is 0.236 e. The highest BCUT2D eigenvalue weighted by Gasteiger charge is 2.07. The Balaban J connectivity index is 1.94. The third kappa shape index (κ3) is 3.76. The number of halogens is 1. The fourth-order valence-corrected chi connectivity index (χ4v) is 2.00. The van der Waals surface area contributed by atoms with Crippen LogP contribution in [-0.4, -0.2) is 15.9 Å². The van der Waals surface area contributed by atoms with Gasteiger partial charge in [0.2, 0.25) is 5.89 Å². The van der Waals surface area contributed by atoms with Crippen molar-refractivity contribution in [1.29, 1.82) is 5.26 Å². The van der Waals surface area contributed by atoms with Crippen LogP contribution in [0.1, 0.15) is 17.3 Å². The van der Waals surface area contributed by atoms with Crippen molar-refractivity contribution in [2.24, 2.45) is 0 Å². The number of aromatic nitrogens is 2. The van der Waals surface area contributed by atoms with Crippen LogP contribution >= 0.6 is 23.4 Å². The SMILES string of the molecule is N#CCSCc1nc(Cc2ccc(Cl)cc2)no1. The van der Waals surface area contributed by atoms with Gasteiger partial charge in [0.15, 0.2) is 5.82 Å². The summed E-state index contributed by atoms with van der Waals surface area (Å²) in [6, 6.07) is 9.59. The van der Waals surface area contributed by atoms with Gasteiger partial charge < -0.3 is 4.52 Å². The molecule has 0 aliphatic rings. The number of nitriles is 1. The van der Waals surface area contributed by atoms with Crippen molar-refractivity contribution in [3.05, 3.63) is 46.6 Å². The first-order chi connectivity index (χ1) is 8.78. The second-order valence-corrected chi connectivity index (χ2v) is 4.98. The summed E-state index contributed by atoms with van der Waals surface area (Å²) >= 11 is 7.26. The van der Waals surface area contributed by atoms with Gasteiger partial charge in [-0.1, -0.05) is 28.9 Å². The Bertz CT molecular complexity index is 547. The minimum atomic E-state index is 0.425. The highest BCUT2D eigenvalue weighted by Crippen LogP contribution is 2.14. The van der Waals surface area contributed by atoms with Crippen LogP contribution in [0.2, 0.25) is 5.02 Å². The molecule has 0 saturated heterocycles. The van der Waals surface area contributed by atoms with Crippen molar-refractivity contribution < 1.29 is 4.52 Å². The Morgan fingerprint density at radius 2 is 2.11 bits per heavy atom. The van der Waals surface area contributed by atoms with Crippen LogP contribution in [0.4, 0.5) is 0 Å². The molecule has 1 heterocycles. The zero-order valence-corrected chi connectivity index (χ0v) is 11.0. The number of hydrogen-bond acceptors (Lipinski definition) is 5. The predicted octanol–water partition coefficient (Wildman–Crippen LogP) is 3.07. The molecular formula is C12H10ClN3OS. The summed E-state index contributed by atoms with van der Waals surface area (Å²) < 4.78 is 5.09. The Kier molecular flexibility index (Phi) is 4.62. The molecule has 1 aromatic carbocycles. The molecule has 4 nitrogen and oxygen atoms in total. The van der Waals surface area contributed by atoms with Gasteiger partial charge in [0.05, 0.1) is 17.6 Å². The van der Waals surface area contributed by atoms with Gasteiger partial charge in [0.1, 0.15) is 0 Å². The minimum Gasteiger partial charge on any atom is -0.338 e. The fourth-order valence-electron chi connectivity index (χ4n) is 1.39. The molecule has 92 valence electrons. The third-order valence-electron chi connectivity index (χ3n) is 2.18. The van der Waals surface area contributed by atoms with E-state index in [0.717, 1.165) is 5.56 Å². The largest absolute Gasteiger partial charge is 0.338 e. The lowest BCUT2D eigenvalue weighted by Gasteiger charge is -1.96. The molecule has 18 heavy (non-hydrogen) atoms. The van der Waals surface area contributed by atoms with Crippen molar-refractivity contribution in [3.8, 4) is 6.07 Å². The first-order valence-corrected chi connectivity index (χ1v) is 6.82. The zero-order chi connectivity index (χ0) is 12.8. The molecular weight excluding hydrogens is 270 g/mol. The molecule has 0 spiro atoms. The van der Waals surface area contributed by atoms with E-state index < -0.39 is 0 Å². The molecule has 0 amide bonds. The van der Waals surface area contributed by atoms with Gasteiger partial charge in [-0.05, 0) is 17.7 Å². The van der Waals surface area contributed by atoms with Crippen molar-refractivity contribution in [2.45, 2.75) is 12.2 Å². The monoisotopic (exact) mass is 279 g/mol. The molecule has 0 unspecified atom stereocenters. The molecule has 0 aliphatic heterocycles. The van der Waals surface area contributed by atoms with Crippen LogP contribution in [0.5, 0.6) is 0 Å². The van der Waals surface area contributed by atoms with E-state index in [4.69, 9.17) is 21.4 Å². The lowest BCUT2D eigenvalue weighted by Crippen LogP contribution is -1.91. The molecule has 2 aromatic rings. The smallest absolute Gasteiger partial charge is 0.236 e. The lowest BCUT2D eigenvalue weighted by atomic mass is 10.1. The van der Waals surface area contributed by atoms with Gasteiger partial charge in [-0.25, -0.2) is 0 Å². The highest BCUT2D eigenvalue weighted by atomic mass is 35.5. The van der Waals surface area contributed by atoms with E-state index in [1.54, 1.807) is 0 Å². The van der Waals surface area contributed by atoms with Crippen molar-refractivity contribution in [2.75, 3.05) is 5.75 Å². The molecule has 0 aliphatic carbocycles. The number of hydrogen-bond donors (Lipinski definition) is 0. The van der Waals surface area contributed by atoms with Crippen LogP contribution in [-0.2, 0) is 12.2 Å². The first kappa shape index (κ1) is 12.9. The normalized spacial score (nSPS) is 10.2. The maximum atomic E-state index is 8.42. The quantitative estimate of drug-likeness (QED) is 0.787. The van der Waals surface area contributed by atoms with Crippen molar-refractivity contribution >= 4 is 23.4 Å². The van der Waals surface area contributed by atoms with E-state index in [-0.39, 0.29) is 0 Å². The first-order valence-electron chi connectivity index (χ1n) is 5.28. The predicted molar refractivity (Wildman–Crippen MR) is 70.3 cm³/mol. The summed E-state index contributed by atoms with van der Waals surface area (Å²) in [6.45, 7) is 0. The Labute approximate surface area is 114 Å². The fraction of sp³-hybridized carbons (Fsp3) is 0.250. The van der Waals surface area contributed by atoms with Gasteiger partial charge in [0.25, 0.3) is 0 Å². The zero-order valence-electron chi connectivity index (χ0n) is 9.47. The van der Waals surface area contributed by atoms with Crippen LogP contribution in [0, 0.1) is 11.3 Å². The van der Waals surface area contributed by atoms with Gasteiger partial charge in [-0.3, -0.25) is 0 Å².